The SMILES string of the molecule is CC1C(=O)NC(C)(C2CC2)C(=O)N1c1ccc(Cl)cc1I. The highest BCUT2D eigenvalue weighted by Crippen LogP contribution is 2.43. The molecule has 3 rings (SSSR count). The molecule has 1 saturated heterocycles. The van der Waals surface area contributed by atoms with Gasteiger partial charge in [-0.1, -0.05) is 11.6 Å². The predicted octanol–water partition coefficient (Wildman–Crippen LogP) is 2.96. The van der Waals surface area contributed by atoms with Crippen molar-refractivity contribution in [3.8, 4) is 0 Å². The maximum atomic E-state index is 13.0. The maximum Gasteiger partial charge on any atom is 0.253 e. The number of halogens is 2. The Morgan fingerprint density at radius 3 is 2.62 bits per heavy atom. The molecule has 1 heterocycles. The molecule has 1 aliphatic carbocycles. The number of nitrogens with one attached hydrogen (secondary N) is 1. The quantitative estimate of drug-likeness (QED) is 0.751. The number of hydrogen-bond acceptors (Lipinski definition) is 2. The molecule has 1 saturated carbocycles. The van der Waals surface area contributed by atoms with Crippen LogP contribution in [0.2, 0.25) is 5.02 Å². The number of piperazine rings is 1. The molecular formula is C15H16ClIN2O2. The lowest BCUT2D eigenvalue weighted by Crippen LogP contribution is -2.70. The molecule has 6 heteroatoms. The van der Waals surface area contributed by atoms with Crippen LogP contribution in [-0.4, -0.2) is 23.4 Å². The molecule has 0 bridgehead atoms. The monoisotopic (exact) mass is 418 g/mol. The van der Waals surface area contributed by atoms with Gasteiger partial charge in [0.25, 0.3) is 5.91 Å². The Bertz CT molecular complexity index is 632. The van der Waals surface area contributed by atoms with Gasteiger partial charge in [0.2, 0.25) is 5.91 Å². The first-order valence-electron chi connectivity index (χ1n) is 6.95. The predicted molar refractivity (Wildman–Crippen MR) is 90.4 cm³/mol. The Labute approximate surface area is 142 Å². The van der Waals surface area contributed by atoms with Crippen LogP contribution in [0.15, 0.2) is 18.2 Å². The van der Waals surface area contributed by atoms with Crippen molar-refractivity contribution in [1.82, 2.24) is 5.32 Å². The number of rotatable bonds is 2. The first kappa shape index (κ1) is 15.1. The molecule has 21 heavy (non-hydrogen) atoms. The van der Waals surface area contributed by atoms with E-state index in [1.807, 2.05) is 13.0 Å². The summed E-state index contributed by atoms with van der Waals surface area (Å²) in [7, 11) is 0. The number of carbonyl (C=O) groups excluding carboxylic acids is 2. The summed E-state index contributed by atoms with van der Waals surface area (Å²) in [6, 6.07) is 4.85. The van der Waals surface area contributed by atoms with E-state index in [9.17, 15) is 9.59 Å². The van der Waals surface area contributed by atoms with E-state index < -0.39 is 11.6 Å². The Morgan fingerprint density at radius 1 is 1.38 bits per heavy atom. The Hall–Kier alpha value is -0.820. The van der Waals surface area contributed by atoms with E-state index in [2.05, 4.69) is 27.9 Å². The van der Waals surface area contributed by atoms with E-state index in [4.69, 9.17) is 11.6 Å². The van der Waals surface area contributed by atoms with Gasteiger partial charge in [0.1, 0.15) is 11.6 Å². The molecule has 2 fully saturated rings. The Kier molecular flexibility index (Phi) is 3.68. The number of amides is 2. The molecule has 1 aromatic rings. The highest BCUT2D eigenvalue weighted by Gasteiger charge is 2.55. The van der Waals surface area contributed by atoms with Crippen molar-refractivity contribution < 1.29 is 9.59 Å². The zero-order valence-electron chi connectivity index (χ0n) is 11.8. The number of carbonyl (C=O) groups is 2. The fraction of sp³-hybridized carbons (Fsp3) is 0.467. The molecule has 2 amide bonds. The molecule has 1 aromatic carbocycles. The molecule has 4 nitrogen and oxygen atoms in total. The van der Waals surface area contributed by atoms with Gasteiger partial charge in [0.05, 0.1) is 5.69 Å². The molecule has 0 spiro atoms. The van der Waals surface area contributed by atoms with Crippen LogP contribution < -0.4 is 10.2 Å². The third-order valence-electron chi connectivity index (χ3n) is 4.38. The second kappa shape index (κ2) is 5.12. The van der Waals surface area contributed by atoms with E-state index in [0.717, 1.165) is 22.1 Å². The maximum absolute atomic E-state index is 13.0. The van der Waals surface area contributed by atoms with Gasteiger partial charge < -0.3 is 5.32 Å². The highest BCUT2D eigenvalue weighted by atomic mass is 127. The molecule has 1 N–H and O–H groups in total. The van der Waals surface area contributed by atoms with Gasteiger partial charge in [-0.25, -0.2) is 0 Å². The lowest BCUT2D eigenvalue weighted by molar-refractivity contribution is -0.138. The summed E-state index contributed by atoms with van der Waals surface area (Å²) in [4.78, 5) is 26.9. The zero-order valence-corrected chi connectivity index (χ0v) is 14.7. The van der Waals surface area contributed by atoms with Crippen molar-refractivity contribution in [2.75, 3.05) is 4.90 Å². The highest BCUT2D eigenvalue weighted by molar-refractivity contribution is 14.1. The minimum atomic E-state index is -0.785. The first-order chi connectivity index (χ1) is 9.84. The number of benzene rings is 1. The third kappa shape index (κ3) is 2.44. The molecule has 0 aromatic heterocycles. The first-order valence-corrected chi connectivity index (χ1v) is 8.41. The summed E-state index contributed by atoms with van der Waals surface area (Å²) in [6.07, 6.45) is 1.98. The summed E-state index contributed by atoms with van der Waals surface area (Å²) in [5.74, 6) is 0.112. The van der Waals surface area contributed by atoms with Gasteiger partial charge >= 0.3 is 0 Å². The number of nitrogens with zero attached hydrogens (tertiary/aromatic N) is 1. The number of anilines is 1. The lowest BCUT2D eigenvalue weighted by Gasteiger charge is -2.43. The molecule has 2 atom stereocenters. The van der Waals surface area contributed by atoms with Gasteiger partial charge in [-0.05, 0) is 73.4 Å². The van der Waals surface area contributed by atoms with Gasteiger partial charge in [-0.15, -0.1) is 0 Å². The normalized spacial score (nSPS) is 29.5. The van der Waals surface area contributed by atoms with Crippen molar-refractivity contribution in [3.05, 3.63) is 26.8 Å². The minimum absolute atomic E-state index is 0.0302. The van der Waals surface area contributed by atoms with Crippen LogP contribution in [0.25, 0.3) is 0 Å². The summed E-state index contributed by atoms with van der Waals surface area (Å²) < 4.78 is 0.869. The average Bonchev–Trinajstić information content (AvgIpc) is 3.24. The summed E-state index contributed by atoms with van der Waals surface area (Å²) in [6.45, 7) is 3.59. The fourth-order valence-electron chi connectivity index (χ4n) is 2.89. The van der Waals surface area contributed by atoms with E-state index in [0.29, 0.717) is 5.02 Å². The topological polar surface area (TPSA) is 49.4 Å². The van der Waals surface area contributed by atoms with Crippen molar-refractivity contribution in [2.24, 2.45) is 5.92 Å². The molecule has 2 aliphatic rings. The van der Waals surface area contributed by atoms with E-state index in [1.165, 1.54) is 0 Å². The van der Waals surface area contributed by atoms with Gasteiger partial charge in [0, 0.05) is 8.59 Å². The molecule has 2 unspecified atom stereocenters. The van der Waals surface area contributed by atoms with Crippen LogP contribution in [0.3, 0.4) is 0 Å². The lowest BCUT2D eigenvalue weighted by atomic mass is 9.89. The standard InChI is InChI=1S/C15H16ClIN2O2/c1-8-13(20)18-15(2,9-3-4-9)14(21)19(8)12-6-5-10(16)7-11(12)17/h5-9H,3-4H2,1-2H3,(H,18,20). The summed E-state index contributed by atoms with van der Waals surface area (Å²) >= 11 is 8.14. The second-order valence-corrected chi connectivity index (χ2v) is 7.51. The van der Waals surface area contributed by atoms with Gasteiger partial charge in [-0.2, -0.15) is 0 Å². The van der Waals surface area contributed by atoms with Gasteiger partial charge in [-0.3, -0.25) is 14.5 Å². The van der Waals surface area contributed by atoms with Crippen LogP contribution in [0.5, 0.6) is 0 Å². The van der Waals surface area contributed by atoms with Crippen LogP contribution in [0, 0.1) is 9.49 Å². The van der Waals surface area contributed by atoms with Crippen LogP contribution in [-0.2, 0) is 9.59 Å². The summed E-state index contributed by atoms with van der Waals surface area (Å²) in [5, 5.41) is 3.55. The van der Waals surface area contributed by atoms with Gasteiger partial charge in [0.15, 0.2) is 0 Å². The Morgan fingerprint density at radius 2 is 2.05 bits per heavy atom. The van der Waals surface area contributed by atoms with E-state index >= 15 is 0 Å². The second-order valence-electron chi connectivity index (χ2n) is 5.91. The molecule has 112 valence electrons. The fourth-order valence-corrected chi connectivity index (χ4v) is 4.02. The van der Waals surface area contributed by atoms with Crippen molar-refractivity contribution in [2.45, 2.75) is 38.3 Å². The Balaban J connectivity index is 2.05. The third-order valence-corrected chi connectivity index (χ3v) is 5.47. The van der Waals surface area contributed by atoms with E-state index in [1.54, 1.807) is 24.0 Å². The molecule has 1 aliphatic heterocycles. The smallest absolute Gasteiger partial charge is 0.253 e. The van der Waals surface area contributed by atoms with Crippen molar-refractivity contribution in [1.29, 1.82) is 0 Å². The van der Waals surface area contributed by atoms with Crippen LogP contribution in [0.4, 0.5) is 5.69 Å². The molecular weight excluding hydrogens is 403 g/mol. The number of hydrogen-bond donors (Lipinski definition) is 1. The van der Waals surface area contributed by atoms with Crippen molar-refractivity contribution >= 4 is 51.7 Å². The summed E-state index contributed by atoms with van der Waals surface area (Å²) in [5.41, 5.74) is -0.0361. The molecule has 0 radical (unpaired) electrons. The van der Waals surface area contributed by atoms with Crippen LogP contribution >= 0.6 is 34.2 Å². The minimum Gasteiger partial charge on any atom is -0.340 e. The average molecular weight is 419 g/mol. The van der Waals surface area contributed by atoms with Crippen LogP contribution in [0.1, 0.15) is 26.7 Å². The van der Waals surface area contributed by atoms with E-state index in [-0.39, 0.29) is 17.7 Å². The van der Waals surface area contributed by atoms with Crippen molar-refractivity contribution in [3.63, 3.8) is 0 Å². The zero-order chi connectivity index (χ0) is 15.4. The largest absolute Gasteiger partial charge is 0.340 e.